The number of aliphatic hydroxyl groups is 1. The van der Waals surface area contributed by atoms with Gasteiger partial charge in [-0.3, -0.25) is 0 Å². The zero-order valence-electron chi connectivity index (χ0n) is 11.9. The van der Waals surface area contributed by atoms with Crippen molar-refractivity contribution in [1.82, 2.24) is 0 Å². The number of nitrogens with zero attached hydrogens (tertiary/aromatic N) is 1. The van der Waals surface area contributed by atoms with Gasteiger partial charge in [-0.15, -0.1) is 0 Å². The number of hydrogen-bond acceptors (Lipinski definition) is 1. The minimum Gasteiger partial charge on any atom is -0.390 e. The first-order valence-electron chi connectivity index (χ1n) is 7.07. The molecule has 2 aromatic carbocycles. The highest BCUT2D eigenvalue weighted by Crippen LogP contribution is 2.28. The number of aliphatic hydroxyl groups excluding tert-OH is 1. The molecule has 0 aliphatic rings. The van der Waals surface area contributed by atoms with Crippen LogP contribution in [0.15, 0.2) is 73.6 Å². The normalized spacial score (nSPS) is 10.7. The number of hydrogen-bond donors (Lipinski definition) is 1. The Bertz CT molecular complexity index is 770. The zero-order valence-corrected chi connectivity index (χ0v) is 11.9. The standard InChI is InChI=1S/C19H18NO/c1-15(16-9-11-20(12-10-16)13-14-21)18-8-4-6-17-5-2-3-7-19(17)18/h2-12,21H,1,13-14H2/q+1. The lowest BCUT2D eigenvalue weighted by molar-refractivity contribution is -0.698. The summed E-state index contributed by atoms with van der Waals surface area (Å²) < 4.78 is 1.96. The average molecular weight is 276 g/mol. The molecule has 0 bridgehead atoms. The molecule has 0 spiro atoms. The molecule has 2 nitrogen and oxygen atoms in total. The lowest BCUT2D eigenvalue weighted by Gasteiger charge is -2.09. The van der Waals surface area contributed by atoms with Gasteiger partial charge in [0.25, 0.3) is 0 Å². The molecule has 1 heterocycles. The number of rotatable bonds is 4. The van der Waals surface area contributed by atoms with E-state index in [1.807, 2.05) is 29.1 Å². The molecule has 1 aromatic heterocycles. The van der Waals surface area contributed by atoms with Crippen molar-refractivity contribution in [1.29, 1.82) is 0 Å². The van der Waals surface area contributed by atoms with Gasteiger partial charge in [-0.25, -0.2) is 4.57 Å². The molecule has 0 radical (unpaired) electrons. The summed E-state index contributed by atoms with van der Waals surface area (Å²) in [5.74, 6) is 0. The Balaban J connectivity index is 2.00. The van der Waals surface area contributed by atoms with Gasteiger partial charge in [0.2, 0.25) is 0 Å². The Kier molecular flexibility index (Phi) is 3.80. The number of fused-ring (bicyclic) bond motifs is 1. The van der Waals surface area contributed by atoms with Crippen LogP contribution in [0.25, 0.3) is 16.3 Å². The van der Waals surface area contributed by atoms with E-state index >= 15 is 0 Å². The van der Waals surface area contributed by atoms with Gasteiger partial charge >= 0.3 is 0 Å². The minimum absolute atomic E-state index is 0.147. The molecular weight excluding hydrogens is 258 g/mol. The largest absolute Gasteiger partial charge is 0.390 e. The van der Waals surface area contributed by atoms with E-state index in [9.17, 15) is 0 Å². The monoisotopic (exact) mass is 276 g/mol. The topological polar surface area (TPSA) is 24.1 Å². The zero-order chi connectivity index (χ0) is 14.7. The third kappa shape index (κ3) is 2.71. The number of pyridine rings is 1. The van der Waals surface area contributed by atoms with Gasteiger partial charge in [0, 0.05) is 12.1 Å². The average Bonchev–Trinajstić information content (AvgIpc) is 2.55. The SMILES string of the molecule is C=C(c1cc[n+](CCO)cc1)c1cccc2ccccc12. The fourth-order valence-corrected chi connectivity index (χ4v) is 2.57. The van der Waals surface area contributed by atoms with E-state index in [4.69, 9.17) is 5.11 Å². The van der Waals surface area contributed by atoms with Crippen LogP contribution in [0.5, 0.6) is 0 Å². The predicted octanol–water partition coefficient (Wildman–Crippen LogP) is 3.18. The molecule has 0 unspecified atom stereocenters. The Hall–Kier alpha value is -2.45. The van der Waals surface area contributed by atoms with Gasteiger partial charge in [0.15, 0.2) is 18.9 Å². The van der Waals surface area contributed by atoms with E-state index < -0.39 is 0 Å². The summed E-state index contributed by atoms with van der Waals surface area (Å²) in [6.45, 7) is 5.02. The van der Waals surface area contributed by atoms with Crippen molar-refractivity contribution in [3.8, 4) is 0 Å². The highest BCUT2D eigenvalue weighted by molar-refractivity contribution is 5.96. The second-order valence-corrected chi connectivity index (χ2v) is 5.05. The summed E-state index contributed by atoms with van der Waals surface area (Å²) >= 11 is 0. The maximum Gasteiger partial charge on any atom is 0.171 e. The van der Waals surface area contributed by atoms with Crippen LogP contribution in [0, 0.1) is 0 Å². The summed E-state index contributed by atoms with van der Waals surface area (Å²) in [7, 11) is 0. The number of benzene rings is 2. The second kappa shape index (κ2) is 5.90. The summed E-state index contributed by atoms with van der Waals surface area (Å²) in [5.41, 5.74) is 3.27. The Morgan fingerprint density at radius 2 is 1.67 bits per heavy atom. The molecule has 0 saturated carbocycles. The van der Waals surface area contributed by atoms with E-state index in [-0.39, 0.29) is 6.61 Å². The molecule has 3 rings (SSSR count). The highest BCUT2D eigenvalue weighted by atomic mass is 16.3. The Morgan fingerprint density at radius 3 is 2.43 bits per heavy atom. The molecule has 0 saturated heterocycles. The predicted molar refractivity (Wildman–Crippen MR) is 85.8 cm³/mol. The molecule has 3 aromatic rings. The first-order chi connectivity index (χ1) is 10.3. The van der Waals surface area contributed by atoms with Gasteiger partial charge in [-0.05, 0) is 27.5 Å². The van der Waals surface area contributed by atoms with Crippen LogP contribution >= 0.6 is 0 Å². The maximum absolute atomic E-state index is 8.96. The summed E-state index contributed by atoms with van der Waals surface area (Å²) in [5, 5.41) is 11.4. The molecule has 2 heteroatoms. The molecule has 21 heavy (non-hydrogen) atoms. The smallest absolute Gasteiger partial charge is 0.171 e. The van der Waals surface area contributed by atoms with Crippen LogP contribution in [-0.4, -0.2) is 11.7 Å². The number of aromatic nitrogens is 1. The van der Waals surface area contributed by atoms with E-state index in [1.54, 1.807) is 0 Å². The van der Waals surface area contributed by atoms with Crippen LogP contribution in [-0.2, 0) is 6.54 Å². The van der Waals surface area contributed by atoms with Crippen molar-refractivity contribution < 1.29 is 9.67 Å². The third-order valence-corrected chi connectivity index (χ3v) is 3.71. The van der Waals surface area contributed by atoms with Gasteiger partial charge in [-0.2, -0.15) is 0 Å². The summed E-state index contributed by atoms with van der Waals surface area (Å²) in [6, 6.07) is 18.7. The molecule has 0 fully saturated rings. The van der Waals surface area contributed by atoms with Gasteiger partial charge < -0.3 is 5.11 Å². The quantitative estimate of drug-likeness (QED) is 0.727. The van der Waals surface area contributed by atoms with Gasteiger partial charge in [0.1, 0.15) is 6.61 Å². The minimum atomic E-state index is 0.147. The van der Waals surface area contributed by atoms with Crippen molar-refractivity contribution in [2.24, 2.45) is 0 Å². The second-order valence-electron chi connectivity index (χ2n) is 5.05. The molecule has 0 atom stereocenters. The van der Waals surface area contributed by atoms with Crippen LogP contribution in [0.2, 0.25) is 0 Å². The van der Waals surface area contributed by atoms with Crippen molar-refractivity contribution in [2.75, 3.05) is 6.61 Å². The third-order valence-electron chi connectivity index (χ3n) is 3.71. The van der Waals surface area contributed by atoms with Crippen molar-refractivity contribution in [3.63, 3.8) is 0 Å². The van der Waals surface area contributed by atoms with E-state index in [2.05, 4.69) is 49.0 Å². The van der Waals surface area contributed by atoms with Crippen LogP contribution in [0.4, 0.5) is 0 Å². The fourth-order valence-electron chi connectivity index (χ4n) is 2.57. The Morgan fingerprint density at radius 1 is 0.952 bits per heavy atom. The lowest BCUT2D eigenvalue weighted by Crippen LogP contribution is -2.34. The fraction of sp³-hybridized carbons (Fsp3) is 0.105. The van der Waals surface area contributed by atoms with Crippen LogP contribution < -0.4 is 4.57 Å². The van der Waals surface area contributed by atoms with Crippen molar-refractivity contribution >= 4 is 16.3 Å². The van der Waals surface area contributed by atoms with E-state index in [0.717, 1.165) is 16.7 Å². The van der Waals surface area contributed by atoms with Crippen LogP contribution in [0.1, 0.15) is 11.1 Å². The van der Waals surface area contributed by atoms with E-state index in [0.29, 0.717) is 6.54 Å². The molecule has 0 aliphatic carbocycles. The van der Waals surface area contributed by atoms with Crippen molar-refractivity contribution in [3.05, 3.63) is 84.7 Å². The molecule has 1 N–H and O–H groups in total. The first kappa shape index (κ1) is 13.5. The first-order valence-corrected chi connectivity index (χ1v) is 7.07. The molecule has 104 valence electrons. The highest BCUT2D eigenvalue weighted by Gasteiger charge is 2.08. The molecule has 0 amide bonds. The molecule has 0 aliphatic heterocycles. The molecular formula is C19H18NO+. The Labute approximate surface area is 124 Å². The summed E-state index contributed by atoms with van der Waals surface area (Å²) in [4.78, 5) is 0. The maximum atomic E-state index is 8.96. The lowest BCUT2D eigenvalue weighted by atomic mass is 9.95. The van der Waals surface area contributed by atoms with Gasteiger partial charge in [-0.1, -0.05) is 49.0 Å². The summed E-state index contributed by atoms with van der Waals surface area (Å²) in [6.07, 6.45) is 3.95. The van der Waals surface area contributed by atoms with Crippen molar-refractivity contribution in [2.45, 2.75) is 6.54 Å². The van der Waals surface area contributed by atoms with E-state index in [1.165, 1.54) is 10.8 Å². The van der Waals surface area contributed by atoms with Crippen LogP contribution in [0.3, 0.4) is 0 Å². The van der Waals surface area contributed by atoms with Gasteiger partial charge in [0.05, 0.1) is 0 Å².